The predicted molar refractivity (Wildman–Crippen MR) is 63.9 cm³/mol. The topological polar surface area (TPSA) is 85.8 Å². The zero-order valence-electron chi connectivity index (χ0n) is 10.5. The number of nitrogens with zero attached hydrogens (tertiary/aromatic N) is 5. The number of rotatable bonds is 4. The van der Waals surface area contributed by atoms with Gasteiger partial charge < -0.3 is 5.11 Å². The maximum absolute atomic E-state index is 10.9. The van der Waals surface area contributed by atoms with Crippen molar-refractivity contribution >= 4 is 5.97 Å². The fraction of sp³-hybridized carbons (Fsp3) is 0.455. The Hall–Kier alpha value is -2.18. The molecule has 0 aliphatic rings. The van der Waals surface area contributed by atoms with E-state index in [0.717, 1.165) is 0 Å². The standard InChI is InChI=1S/C11H15N5O2/c1-4-8-12-10(11(17)18)14-16(8)9-5-6-15(13-9)7(2)3/h5-7H,4H2,1-3H3,(H,17,18). The first-order valence-corrected chi connectivity index (χ1v) is 5.77. The van der Waals surface area contributed by atoms with Crippen LogP contribution in [0.1, 0.15) is 43.3 Å². The molecule has 0 radical (unpaired) electrons. The van der Waals surface area contributed by atoms with E-state index in [9.17, 15) is 4.79 Å². The molecule has 0 bridgehead atoms. The molecule has 0 atom stereocenters. The lowest BCUT2D eigenvalue weighted by molar-refractivity contribution is 0.0683. The maximum Gasteiger partial charge on any atom is 0.375 e. The van der Waals surface area contributed by atoms with Gasteiger partial charge in [0.2, 0.25) is 0 Å². The van der Waals surface area contributed by atoms with Crippen LogP contribution < -0.4 is 0 Å². The average Bonchev–Trinajstić information content (AvgIpc) is 2.95. The Morgan fingerprint density at radius 3 is 2.67 bits per heavy atom. The predicted octanol–water partition coefficient (Wildman–Crippen LogP) is 1.31. The minimum absolute atomic E-state index is 0.203. The van der Waals surface area contributed by atoms with Crippen molar-refractivity contribution in [2.45, 2.75) is 33.2 Å². The van der Waals surface area contributed by atoms with Crippen molar-refractivity contribution < 1.29 is 9.90 Å². The van der Waals surface area contributed by atoms with Gasteiger partial charge in [0.15, 0.2) is 5.82 Å². The van der Waals surface area contributed by atoms with Gasteiger partial charge in [-0.3, -0.25) is 4.68 Å². The van der Waals surface area contributed by atoms with Crippen molar-refractivity contribution in [3.8, 4) is 5.82 Å². The summed E-state index contributed by atoms with van der Waals surface area (Å²) in [4.78, 5) is 14.8. The van der Waals surface area contributed by atoms with Crippen LogP contribution in [-0.4, -0.2) is 35.6 Å². The van der Waals surface area contributed by atoms with Crippen LogP contribution in [0, 0.1) is 0 Å². The Balaban J connectivity index is 2.45. The molecule has 0 aromatic carbocycles. The van der Waals surface area contributed by atoms with Gasteiger partial charge in [-0.1, -0.05) is 6.92 Å². The van der Waals surface area contributed by atoms with E-state index in [1.165, 1.54) is 4.68 Å². The van der Waals surface area contributed by atoms with Crippen molar-refractivity contribution in [2.75, 3.05) is 0 Å². The van der Waals surface area contributed by atoms with E-state index in [4.69, 9.17) is 5.11 Å². The molecule has 2 heterocycles. The molecule has 0 aliphatic heterocycles. The van der Waals surface area contributed by atoms with Gasteiger partial charge in [0.1, 0.15) is 5.82 Å². The van der Waals surface area contributed by atoms with Gasteiger partial charge in [0.25, 0.3) is 5.82 Å². The first-order chi connectivity index (χ1) is 8.52. The molecular weight excluding hydrogens is 234 g/mol. The van der Waals surface area contributed by atoms with Gasteiger partial charge >= 0.3 is 5.97 Å². The quantitative estimate of drug-likeness (QED) is 0.882. The summed E-state index contributed by atoms with van der Waals surface area (Å²) < 4.78 is 3.26. The molecule has 0 spiro atoms. The highest BCUT2D eigenvalue weighted by molar-refractivity contribution is 5.83. The van der Waals surface area contributed by atoms with Gasteiger partial charge in [0, 0.05) is 24.7 Å². The molecule has 2 rings (SSSR count). The number of aryl methyl sites for hydroxylation is 1. The van der Waals surface area contributed by atoms with Crippen molar-refractivity contribution in [2.24, 2.45) is 0 Å². The third-order valence-electron chi connectivity index (χ3n) is 2.52. The number of hydrogen-bond donors (Lipinski definition) is 1. The van der Waals surface area contributed by atoms with Crippen LogP contribution in [0.4, 0.5) is 0 Å². The summed E-state index contributed by atoms with van der Waals surface area (Å²) in [6.07, 6.45) is 2.43. The molecule has 7 nitrogen and oxygen atoms in total. The highest BCUT2D eigenvalue weighted by atomic mass is 16.4. The number of carboxylic acid groups (broad SMARTS) is 1. The highest BCUT2D eigenvalue weighted by Gasteiger charge is 2.16. The van der Waals surface area contributed by atoms with E-state index >= 15 is 0 Å². The number of aromatic carboxylic acids is 1. The molecule has 0 fully saturated rings. The molecule has 96 valence electrons. The number of carboxylic acids is 1. The number of carbonyl (C=O) groups is 1. The zero-order chi connectivity index (χ0) is 13.3. The lowest BCUT2D eigenvalue weighted by Crippen LogP contribution is -2.07. The monoisotopic (exact) mass is 249 g/mol. The number of hydrogen-bond acceptors (Lipinski definition) is 4. The fourth-order valence-corrected chi connectivity index (χ4v) is 1.58. The molecule has 0 saturated carbocycles. The van der Waals surface area contributed by atoms with Gasteiger partial charge in [0.05, 0.1) is 0 Å². The molecule has 1 N–H and O–H groups in total. The fourth-order valence-electron chi connectivity index (χ4n) is 1.58. The van der Waals surface area contributed by atoms with Crippen LogP contribution >= 0.6 is 0 Å². The van der Waals surface area contributed by atoms with Crippen molar-refractivity contribution in [1.82, 2.24) is 24.5 Å². The van der Waals surface area contributed by atoms with Crippen LogP contribution in [0.2, 0.25) is 0 Å². The highest BCUT2D eigenvalue weighted by Crippen LogP contribution is 2.11. The molecule has 18 heavy (non-hydrogen) atoms. The first-order valence-electron chi connectivity index (χ1n) is 5.77. The Bertz CT molecular complexity index is 570. The van der Waals surface area contributed by atoms with Crippen LogP contribution in [-0.2, 0) is 6.42 Å². The average molecular weight is 249 g/mol. The summed E-state index contributed by atoms with van der Waals surface area (Å²) in [5.41, 5.74) is 0. The van der Waals surface area contributed by atoms with Crippen molar-refractivity contribution in [3.05, 3.63) is 23.9 Å². The third kappa shape index (κ3) is 2.11. The smallest absolute Gasteiger partial charge is 0.375 e. The van der Waals surface area contributed by atoms with E-state index in [2.05, 4.69) is 15.2 Å². The van der Waals surface area contributed by atoms with Crippen LogP contribution in [0.15, 0.2) is 12.3 Å². The second-order valence-electron chi connectivity index (χ2n) is 4.17. The number of aromatic nitrogens is 5. The minimum atomic E-state index is -1.13. The summed E-state index contributed by atoms with van der Waals surface area (Å²) in [6, 6.07) is 2.03. The molecule has 0 saturated heterocycles. The first kappa shape index (κ1) is 12.3. The summed E-state index contributed by atoms with van der Waals surface area (Å²) >= 11 is 0. The third-order valence-corrected chi connectivity index (χ3v) is 2.52. The van der Waals surface area contributed by atoms with E-state index in [0.29, 0.717) is 18.1 Å². The normalized spacial score (nSPS) is 11.1. The molecule has 0 aliphatic carbocycles. The van der Waals surface area contributed by atoms with Crippen LogP contribution in [0.3, 0.4) is 0 Å². The lowest BCUT2D eigenvalue weighted by Gasteiger charge is -2.04. The summed E-state index contributed by atoms with van der Waals surface area (Å²) in [6.45, 7) is 5.93. The Labute approximate surface area is 104 Å². The van der Waals surface area contributed by atoms with Gasteiger partial charge in [-0.05, 0) is 13.8 Å². The lowest BCUT2D eigenvalue weighted by atomic mass is 10.4. The van der Waals surface area contributed by atoms with E-state index < -0.39 is 5.97 Å². The van der Waals surface area contributed by atoms with Crippen LogP contribution in [0.5, 0.6) is 0 Å². The second-order valence-corrected chi connectivity index (χ2v) is 4.17. The molecule has 7 heteroatoms. The van der Waals surface area contributed by atoms with Crippen molar-refractivity contribution in [3.63, 3.8) is 0 Å². The second kappa shape index (κ2) is 4.59. The Morgan fingerprint density at radius 2 is 2.17 bits per heavy atom. The molecule has 2 aromatic rings. The van der Waals surface area contributed by atoms with E-state index in [1.54, 1.807) is 10.7 Å². The van der Waals surface area contributed by atoms with E-state index in [1.807, 2.05) is 27.0 Å². The Morgan fingerprint density at radius 1 is 1.44 bits per heavy atom. The molecular formula is C11H15N5O2. The van der Waals surface area contributed by atoms with Crippen LogP contribution in [0.25, 0.3) is 5.82 Å². The zero-order valence-corrected chi connectivity index (χ0v) is 10.5. The maximum atomic E-state index is 10.9. The Kier molecular flexibility index (Phi) is 3.14. The van der Waals surface area contributed by atoms with Crippen molar-refractivity contribution in [1.29, 1.82) is 0 Å². The van der Waals surface area contributed by atoms with Gasteiger partial charge in [-0.2, -0.15) is 9.78 Å². The molecule has 0 unspecified atom stereocenters. The van der Waals surface area contributed by atoms with E-state index in [-0.39, 0.29) is 11.9 Å². The minimum Gasteiger partial charge on any atom is -0.475 e. The molecule has 2 aromatic heterocycles. The summed E-state index contributed by atoms with van der Waals surface area (Å²) in [5.74, 6) is -0.167. The SMILES string of the molecule is CCc1nc(C(=O)O)nn1-c1ccn(C(C)C)n1. The summed E-state index contributed by atoms with van der Waals surface area (Å²) in [5, 5.41) is 17.2. The van der Waals surface area contributed by atoms with Gasteiger partial charge in [-0.25, -0.2) is 9.78 Å². The largest absolute Gasteiger partial charge is 0.475 e. The molecule has 0 amide bonds. The summed E-state index contributed by atoms with van der Waals surface area (Å²) in [7, 11) is 0. The van der Waals surface area contributed by atoms with Gasteiger partial charge in [-0.15, -0.1) is 5.10 Å².